The molecule has 14 N–H and O–H groups in total. The molecular weight excluding hydrogens is 915 g/mol. The highest BCUT2D eigenvalue weighted by Crippen LogP contribution is 2.25. The lowest BCUT2D eigenvalue weighted by Gasteiger charge is -2.32. The van der Waals surface area contributed by atoms with Gasteiger partial charge in [0.15, 0.2) is 5.96 Å². The number of aliphatic hydroxyl groups is 1. The maximum absolute atomic E-state index is 14.6. The average molecular weight is 982 g/mol. The minimum Gasteiger partial charge on any atom is -0.508 e. The fourth-order valence-electron chi connectivity index (χ4n) is 7.49. The van der Waals surface area contributed by atoms with Crippen LogP contribution >= 0.6 is 0 Å². The van der Waals surface area contributed by atoms with E-state index in [4.69, 9.17) is 15.7 Å². The van der Waals surface area contributed by atoms with Crippen molar-refractivity contribution in [2.45, 2.75) is 128 Å². The highest BCUT2D eigenvalue weighted by molar-refractivity contribution is 7.80. The van der Waals surface area contributed by atoms with Crippen LogP contribution in [0.25, 0.3) is 0 Å². The van der Waals surface area contributed by atoms with E-state index in [0.717, 1.165) is 4.90 Å². The van der Waals surface area contributed by atoms with E-state index < -0.39 is 137 Å². The second kappa shape index (κ2) is 25.9. The predicted molar refractivity (Wildman–Crippen MR) is 244 cm³/mol. The topological polar surface area (TPSA) is 392 Å². The maximum Gasteiger partial charge on any atom is 0.397 e. The number of amides is 8. The minimum atomic E-state index is -5.14. The molecule has 2 aliphatic rings. The zero-order valence-corrected chi connectivity index (χ0v) is 39.8. The summed E-state index contributed by atoms with van der Waals surface area (Å²) in [4.78, 5) is 117. The van der Waals surface area contributed by atoms with E-state index in [1.54, 1.807) is 41.5 Å². The van der Waals surface area contributed by atoms with Gasteiger partial charge in [0.2, 0.25) is 41.4 Å². The molecule has 8 amide bonds. The van der Waals surface area contributed by atoms with Gasteiger partial charge in [0.25, 0.3) is 5.91 Å². The molecule has 2 fully saturated rings. The van der Waals surface area contributed by atoms with E-state index in [1.807, 2.05) is 0 Å². The SMILES string of the molecule is CC(C)C[C@H]1NC(=O)[C@@H](CO)NC(=O)[C@H](C(C)C)NC(=O)[C@H](CCNC(=O)c2ccc(O)cc2)NC(=O)[C@@H]2C[C@@H](OS(=O)(=O)O)CN2C(=O)[C@H](C(C)C)NC(=O)[C@@H](CCCCN=C(N)N)NC1=O. The fraction of sp³-hybridized carbons (Fsp3) is 0.643. The quantitative estimate of drug-likeness (QED) is 0.0340. The lowest BCUT2D eigenvalue weighted by atomic mass is 9.99. The predicted octanol–water partition coefficient (Wildman–Crippen LogP) is -2.98. The Morgan fingerprint density at radius 3 is 1.85 bits per heavy atom. The van der Waals surface area contributed by atoms with Crippen molar-refractivity contribution in [2.24, 2.45) is 34.2 Å². The first-order valence-electron chi connectivity index (χ1n) is 22.3. The first-order chi connectivity index (χ1) is 31.8. The molecular formula is C42H67N11O14S. The summed E-state index contributed by atoms with van der Waals surface area (Å²) in [6, 6.07) is -5.12. The van der Waals surface area contributed by atoms with E-state index in [9.17, 15) is 61.5 Å². The van der Waals surface area contributed by atoms with Crippen molar-refractivity contribution in [3.8, 4) is 5.75 Å². The van der Waals surface area contributed by atoms with Crippen LogP contribution in [0, 0.1) is 17.8 Å². The molecule has 2 heterocycles. The van der Waals surface area contributed by atoms with Gasteiger partial charge in [-0.2, -0.15) is 8.42 Å². The molecule has 1 aromatic carbocycles. The van der Waals surface area contributed by atoms with Gasteiger partial charge in [-0.3, -0.25) is 47.9 Å². The lowest BCUT2D eigenvalue weighted by molar-refractivity contribution is -0.143. The molecule has 68 heavy (non-hydrogen) atoms. The highest BCUT2D eigenvalue weighted by Gasteiger charge is 2.46. The number of carbonyl (C=O) groups is 8. The van der Waals surface area contributed by atoms with Crippen LogP contribution in [-0.2, 0) is 48.1 Å². The summed E-state index contributed by atoms with van der Waals surface area (Å²) in [7, 11) is -5.14. The van der Waals surface area contributed by atoms with E-state index in [1.165, 1.54) is 24.3 Å². The third-order valence-electron chi connectivity index (χ3n) is 11.0. The number of benzene rings is 1. The Labute approximate surface area is 395 Å². The maximum atomic E-state index is 14.6. The van der Waals surface area contributed by atoms with Gasteiger partial charge in [-0.25, -0.2) is 4.18 Å². The number of phenolic OH excluding ortho intramolecular Hbond substituents is 1. The Balaban J connectivity index is 2.16. The number of nitrogens with one attached hydrogen (secondary N) is 7. The number of carbonyl (C=O) groups excluding carboxylic acids is 8. The number of aliphatic imine (C=N–C) groups is 1. The molecule has 0 aliphatic carbocycles. The Morgan fingerprint density at radius 2 is 1.29 bits per heavy atom. The molecule has 25 nitrogen and oxygen atoms in total. The summed E-state index contributed by atoms with van der Waals surface area (Å²) in [5.41, 5.74) is 11.0. The summed E-state index contributed by atoms with van der Waals surface area (Å²) >= 11 is 0. The zero-order chi connectivity index (χ0) is 51.0. The van der Waals surface area contributed by atoms with Crippen LogP contribution in [0.3, 0.4) is 0 Å². The third-order valence-corrected chi connectivity index (χ3v) is 11.6. The largest absolute Gasteiger partial charge is 0.508 e. The Bertz CT molecular complexity index is 2100. The van der Waals surface area contributed by atoms with Crippen molar-refractivity contribution in [3.63, 3.8) is 0 Å². The van der Waals surface area contributed by atoms with Gasteiger partial charge in [0.05, 0.1) is 12.7 Å². The average Bonchev–Trinajstić information content (AvgIpc) is 3.66. The van der Waals surface area contributed by atoms with Gasteiger partial charge in [-0.05, 0) is 74.1 Å². The van der Waals surface area contributed by atoms with Crippen molar-refractivity contribution in [1.29, 1.82) is 0 Å². The molecule has 1 aromatic rings. The number of aliphatic hydroxyl groups excluding tert-OH is 1. The number of phenols is 1. The number of rotatable bonds is 16. The van der Waals surface area contributed by atoms with Crippen molar-refractivity contribution < 1.29 is 65.7 Å². The summed E-state index contributed by atoms with van der Waals surface area (Å²) in [6.45, 7) is 8.15. The number of aromatic hydroxyl groups is 1. The molecule has 8 atom stereocenters. The van der Waals surface area contributed by atoms with Gasteiger partial charge >= 0.3 is 10.4 Å². The summed E-state index contributed by atoms with van der Waals surface area (Å²) in [5, 5.41) is 37.9. The second-order valence-corrected chi connectivity index (χ2v) is 18.8. The molecule has 26 heteroatoms. The standard InChI is InChI=1S/C42H67N11O14S/c1-21(2)17-29-37(59)47-27(9-7-8-15-46-42(43)44)35(57)52-33(23(5)6)41(63)53-19-26(67-68(64,65)66)18-31(53)39(61)48-28(14-16-45-34(56)24-10-12-25(55)13-11-24)36(58)51-32(22(3)4)40(62)50-30(20-54)38(60)49-29/h10-13,21-23,26-33,54-55H,7-9,14-20H2,1-6H3,(H,45,56)(H,47,59)(H,48,61)(H,49,60)(H,50,62)(H,51,58)(H,52,57)(H4,43,44,46)(H,64,65,66)/t26-,27-,28+,29-,30-,31+,32+,33+/m1/s1. The van der Waals surface area contributed by atoms with Gasteiger partial charge in [-0.1, -0.05) is 41.5 Å². The number of nitrogens with two attached hydrogens (primary N) is 2. The van der Waals surface area contributed by atoms with Crippen LogP contribution < -0.4 is 48.7 Å². The summed E-state index contributed by atoms with van der Waals surface area (Å²) < 4.78 is 38.2. The molecule has 2 saturated heterocycles. The normalized spacial score (nSPS) is 25.0. The molecule has 0 bridgehead atoms. The molecule has 2 aliphatic heterocycles. The molecule has 380 valence electrons. The van der Waals surface area contributed by atoms with E-state index in [2.05, 4.69) is 42.2 Å². The molecule has 0 spiro atoms. The van der Waals surface area contributed by atoms with Gasteiger partial charge in [0, 0.05) is 31.6 Å². The van der Waals surface area contributed by atoms with Crippen LogP contribution in [-0.4, -0.2) is 156 Å². The Hall–Kier alpha value is -6.12. The van der Waals surface area contributed by atoms with Gasteiger partial charge < -0.3 is 63.8 Å². The molecule has 0 saturated carbocycles. The van der Waals surface area contributed by atoms with Crippen molar-refractivity contribution in [1.82, 2.24) is 42.1 Å². The van der Waals surface area contributed by atoms with Crippen LogP contribution in [0.15, 0.2) is 29.3 Å². The van der Waals surface area contributed by atoms with E-state index >= 15 is 0 Å². The summed E-state index contributed by atoms with van der Waals surface area (Å²) in [5.74, 6) is -9.02. The van der Waals surface area contributed by atoms with Crippen LogP contribution in [0.5, 0.6) is 5.75 Å². The van der Waals surface area contributed by atoms with Crippen LogP contribution in [0.4, 0.5) is 0 Å². The number of guanidine groups is 1. The fourth-order valence-corrected chi connectivity index (χ4v) is 7.97. The van der Waals surface area contributed by atoms with E-state index in [-0.39, 0.29) is 62.0 Å². The number of nitrogens with zero attached hydrogens (tertiary/aromatic N) is 2. The second-order valence-electron chi connectivity index (χ2n) is 17.8. The molecule has 0 unspecified atom stereocenters. The molecule has 0 aromatic heterocycles. The van der Waals surface area contributed by atoms with Crippen LogP contribution in [0.1, 0.15) is 90.4 Å². The third kappa shape index (κ3) is 17.5. The monoisotopic (exact) mass is 981 g/mol. The lowest BCUT2D eigenvalue weighted by Crippen LogP contribution is -2.61. The van der Waals surface area contributed by atoms with Gasteiger partial charge in [0.1, 0.15) is 48.0 Å². The number of hydrogen-bond donors (Lipinski definition) is 12. The minimum absolute atomic E-state index is 0.0261. The Kier molecular flexibility index (Phi) is 21.4. The molecule has 3 rings (SSSR count). The number of unbranched alkanes of at least 4 members (excludes halogenated alkanes) is 1. The number of hydrogen-bond acceptors (Lipinski definition) is 14. The van der Waals surface area contributed by atoms with Crippen LogP contribution in [0.2, 0.25) is 0 Å². The first kappa shape index (κ1) is 56.2. The first-order valence-corrected chi connectivity index (χ1v) is 23.7. The van der Waals surface area contributed by atoms with E-state index in [0.29, 0.717) is 6.42 Å². The van der Waals surface area contributed by atoms with Crippen molar-refractivity contribution in [2.75, 3.05) is 26.2 Å². The Morgan fingerprint density at radius 1 is 0.765 bits per heavy atom. The zero-order valence-electron chi connectivity index (χ0n) is 39.0. The highest BCUT2D eigenvalue weighted by atomic mass is 32.3. The van der Waals surface area contributed by atoms with Gasteiger partial charge in [-0.15, -0.1) is 0 Å². The smallest absolute Gasteiger partial charge is 0.397 e. The van der Waals surface area contributed by atoms with Crippen molar-refractivity contribution >= 4 is 63.6 Å². The molecule has 0 radical (unpaired) electrons. The van der Waals surface area contributed by atoms with Crippen molar-refractivity contribution in [3.05, 3.63) is 29.8 Å². The summed E-state index contributed by atoms with van der Waals surface area (Å²) in [6.07, 6.45) is -1.73. The number of fused-ring (bicyclic) bond motifs is 1.